The van der Waals surface area contributed by atoms with E-state index in [2.05, 4.69) is 4.98 Å². The van der Waals surface area contributed by atoms with Gasteiger partial charge in [-0.25, -0.2) is 9.78 Å². The number of aromatic nitrogens is 1. The van der Waals surface area contributed by atoms with Crippen LogP contribution in [0.15, 0.2) is 36.4 Å². The molecule has 4 heteroatoms. The molecule has 1 aromatic carbocycles. The van der Waals surface area contributed by atoms with E-state index in [4.69, 9.17) is 5.11 Å². The number of hydrogen-bond acceptors (Lipinski definition) is 3. The van der Waals surface area contributed by atoms with Gasteiger partial charge in [0.25, 0.3) is 0 Å². The van der Waals surface area contributed by atoms with Crippen LogP contribution in [0.3, 0.4) is 0 Å². The first-order valence-electron chi connectivity index (χ1n) is 4.66. The van der Waals surface area contributed by atoms with E-state index in [-0.39, 0.29) is 5.75 Å². The van der Waals surface area contributed by atoms with Gasteiger partial charge in [0.1, 0.15) is 11.3 Å². The Morgan fingerprint density at radius 3 is 2.81 bits per heavy atom. The molecular formula is C12H9NO3. The molecule has 4 nitrogen and oxygen atoms in total. The highest BCUT2D eigenvalue weighted by Crippen LogP contribution is 2.22. The highest BCUT2D eigenvalue weighted by atomic mass is 16.4. The molecule has 2 aromatic rings. The summed E-state index contributed by atoms with van der Waals surface area (Å²) in [6.07, 6.45) is 2.39. The summed E-state index contributed by atoms with van der Waals surface area (Å²) in [7, 11) is 0. The predicted octanol–water partition coefficient (Wildman–Crippen LogP) is 2.04. The number of phenolic OH excluding ortho intramolecular Hbond substituents is 1. The van der Waals surface area contributed by atoms with Gasteiger partial charge in [0.2, 0.25) is 0 Å². The maximum absolute atomic E-state index is 10.3. The zero-order chi connectivity index (χ0) is 11.5. The summed E-state index contributed by atoms with van der Waals surface area (Å²) in [5, 5.41) is 18.9. The maximum Gasteiger partial charge on any atom is 0.328 e. The fourth-order valence-corrected chi connectivity index (χ4v) is 1.40. The smallest absolute Gasteiger partial charge is 0.328 e. The number of aromatic hydroxyl groups is 1. The van der Waals surface area contributed by atoms with Gasteiger partial charge in [-0.05, 0) is 18.2 Å². The molecule has 0 amide bonds. The molecule has 0 spiro atoms. The number of carbonyl (C=O) groups is 1. The van der Waals surface area contributed by atoms with E-state index in [0.717, 1.165) is 11.5 Å². The average Bonchev–Trinajstić information content (AvgIpc) is 2.27. The van der Waals surface area contributed by atoms with Crippen LogP contribution in [0.4, 0.5) is 0 Å². The molecule has 0 fully saturated rings. The lowest BCUT2D eigenvalue weighted by Crippen LogP contribution is -1.88. The Morgan fingerprint density at radius 1 is 1.25 bits per heavy atom. The van der Waals surface area contributed by atoms with Gasteiger partial charge in [0.05, 0.1) is 5.69 Å². The molecule has 0 saturated carbocycles. The van der Waals surface area contributed by atoms with Crippen LogP contribution < -0.4 is 0 Å². The van der Waals surface area contributed by atoms with Crippen molar-refractivity contribution in [1.82, 2.24) is 4.98 Å². The minimum absolute atomic E-state index is 0.0862. The number of phenols is 1. The molecule has 16 heavy (non-hydrogen) atoms. The van der Waals surface area contributed by atoms with Crippen LogP contribution in [0.1, 0.15) is 5.69 Å². The molecule has 1 aromatic heterocycles. The predicted molar refractivity (Wildman–Crippen MR) is 60.1 cm³/mol. The van der Waals surface area contributed by atoms with Gasteiger partial charge >= 0.3 is 5.97 Å². The van der Waals surface area contributed by atoms with Crippen LogP contribution in [0.2, 0.25) is 0 Å². The van der Waals surface area contributed by atoms with Gasteiger partial charge in [-0.2, -0.15) is 0 Å². The number of fused-ring (bicyclic) bond motifs is 1. The van der Waals surface area contributed by atoms with Crippen molar-refractivity contribution in [3.63, 3.8) is 0 Å². The highest BCUT2D eigenvalue weighted by Gasteiger charge is 2.00. The van der Waals surface area contributed by atoms with Gasteiger partial charge in [-0.3, -0.25) is 0 Å². The summed E-state index contributed by atoms with van der Waals surface area (Å²) in [5.41, 5.74) is 0.964. The molecule has 0 saturated heterocycles. The van der Waals surface area contributed by atoms with Crippen molar-refractivity contribution < 1.29 is 15.0 Å². The first-order valence-corrected chi connectivity index (χ1v) is 4.66. The number of carboxylic acid groups (broad SMARTS) is 1. The van der Waals surface area contributed by atoms with Crippen molar-refractivity contribution >= 4 is 22.9 Å². The number of aliphatic carboxylic acids is 1. The standard InChI is InChI=1S/C12H9NO3/c14-10-3-1-2-8-4-5-9(13-12(8)10)6-7-11(15)16/h1-7,14H,(H,15,16). The normalized spacial score (nSPS) is 11.0. The van der Waals surface area contributed by atoms with Crippen molar-refractivity contribution in [2.75, 3.05) is 0 Å². The number of carboxylic acids is 1. The van der Waals surface area contributed by atoms with E-state index in [1.54, 1.807) is 24.3 Å². The second kappa shape index (κ2) is 4.02. The molecule has 0 bridgehead atoms. The quantitative estimate of drug-likeness (QED) is 0.752. The molecule has 0 radical (unpaired) electrons. The van der Waals surface area contributed by atoms with E-state index >= 15 is 0 Å². The Bertz CT molecular complexity index is 575. The van der Waals surface area contributed by atoms with Gasteiger partial charge in [0, 0.05) is 11.5 Å². The molecule has 2 N–H and O–H groups in total. The summed E-state index contributed by atoms with van der Waals surface area (Å²) in [4.78, 5) is 14.5. The Kier molecular flexibility index (Phi) is 2.55. The fourth-order valence-electron chi connectivity index (χ4n) is 1.40. The fraction of sp³-hybridized carbons (Fsp3) is 0. The third-order valence-corrected chi connectivity index (χ3v) is 2.12. The molecule has 0 aliphatic rings. The third-order valence-electron chi connectivity index (χ3n) is 2.12. The topological polar surface area (TPSA) is 70.4 Å². The van der Waals surface area contributed by atoms with E-state index in [1.807, 2.05) is 6.07 Å². The van der Waals surface area contributed by atoms with Crippen molar-refractivity contribution in [3.05, 3.63) is 42.1 Å². The monoisotopic (exact) mass is 215 g/mol. The average molecular weight is 215 g/mol. The van der Waals surface area contributed by atoms with Gasteiger partial charge in [0.15, 0.2) is 0 Å². The Labute approximate surface area is 91.5 Å². The zero-order valence-corrected chi connectivity index (χ0v) is 8.29. The van der Waals surface area contributed by atoms with Crippen molar-refractivity contribution in [2.24, 2.45) is 0 Å². The number of hydrogen-bond donors (Lipinski definition) is 2. The van der Waals surface area contributed by atoms with Gasteiger partial charge in [-0.1, -0.05) is 18.2 Å². The minimum Gasteiger partial charge on any atom is -0.506 e. The molecule has 0 atom stereocenters. The van der Waals surface area contributed by atoms with E-state index < -0.39 is 5.97 Å². The first-order chi connectivity index (χ1) is 7.66. The number of benzene rings is 1. The van der Waals surface area contributed by atoms with Crippen molar-refractivity contribution in [2.45, 2.75) is 0 Å². The Morgan fingerprint density at radius 2 is 2.06 bits per heavy atom. The summed E-state index contributed by atoms with van der Waals surface area (Å²) < 4.78 is 0. The SMILES string of the molecule is O=C(O)C=Cc1ccc2cccc(O)c2n1. The second-order valence-electron chi connectivity index (χ2n) is 3.26. The van der Waals surface area contributed by atoms with E-state index in [0.29, 0.717) is 11.2 Å². The summed E-state index contributed by atoms with van der Waals surface area (Å²) >= 11 is 0. The number of para-hydroxylation sites is 1. The third kappa shape index (κ3) is 2.00. The van der Waals surface area contributed by atoms with Crippen LogP contribution in [0.25, 0.3) is 17.0 Å². The molecule has 0 aliphatic carbocycles. The molecule has 80 valence electrons. The molecule has 0 unspecified atom stereocenters. The number of nitrogens with zero attached hydrogens (tertiary/aromatic N) is 1. The van der Waals surface area contributed by atoms with Crippen LogP contribution in [0, 0.1) is 0 Å². The van der Waals surface area contributed by atoms with Crippen molar-refractivity contribution in [3.8, 4) is 5.75 Å². The van der Waals surface area contributed by atoms with E-state index in [1.165, 1.54) is 6.08 Å². The molecule has 0 aliphatic heterocycles. The molecule has 1 heterocycles. The largest absolute Gasteiger partial charge is 0.506 e. The van der Waals surface area contributed by atoms with Crippen LogP contribution in [-0.4, -0.2) is 21.2 Å². The van der Waals surface area contributed by atoms with Crippen molar-refractivity contribution in [1.29, 1.82) is 0 Å². The Balaban J connectivity index is 2.51. The first kappa shape index (κ1) is 10.2. The molecular weight excluding hydrogens is 206 g/mol. The second-order valence-corrected chi connectivity index (χ2v) is 3.26. The van der Waals surface area contributed by atoms with Crippen LogP contribution >= 0.6 is 0 Å². The van der Waals surface area contributed by atoms with Crippen LogP contribution in [-0.2, 0) is 4.79 Å². The van der Waals surface area contributed by atoms with Gasteiger partial charge < -0.3 is 10.2 Å². The lowest BCUT2D eigenvalue weighted by molar-refractivity contribution is -0.131. The number of rotatable bonds is 2. The zero-order valence-electron chi connectivity index (χ0n) is 8.29. The maximum atomic E-state index is 10.3. The summed E-state index contributed by atoms with van der Waals surface area (Å²) in [6.45, 7) is 0. The molecule has 2 rings (SSSR count). The lowest BCUT2D eigenvalue weighted by Gasteiger charge is -2.00. The lowest BCUT2D eigenvalue weighted by atomic mass is 10.2. The van der Waals surface area contributed by atoms with E-state index in [9.17, 15) is 9.90 Å². The van der Waals surface area contributed by atoms with Crippen LogP contribution in [0.5, 0.6) is 5.75 Å². The Hall–Kier alpha value is -2.36. The number of pyridine rings is 1. The van der Waals surface area contributed by atoms with Gasteiger partial charge in [-0.15, -0.1) is 0 Å². The summed E-state index contributed by atoms with van der Waals surface area (Å²) in [6, 6.07) is 8.57. The highest BCUT2D eigenvalue weighted by molar-refractivity contribution is 5.87. The summed E-state index contributed by atoms with van der Waals surface area (Å²) in [5.74, 6) is -0.942. The minimum atomic E-state index is -1.03.